The van der Waals surface area contributed by atoms with Crippen LogP contribution in [0, 0.1) is 0 Å². The molecule has 0 aliphatic carbocycles. The summed E-state index contributed by atoms with van der Waals surface area (Å²) in [5, 5.41) is 6.63. The lowest BCUT2D eigenvalue weighted by atomic mass is 10.2. The molecular formula is C15H23Cl2N3O2. The van der Waals surface area contributed by atoms with E-state index in [2.05, 4.69) is 15.5 Å². The minimum absolute atomic E-state index is 0. The summed E-state index contributed by atoms with van der Waals surface area (Å²) in [6, 6.07) is 5.62. The molecule has 0 aromatic heterocycles. The minimum Gasteiger partial charge on any atom is -0.495 e. The van der Waals surface area contributed by atoms with Crippen LogP contribution < -0.4 is 15.4 Å². The van der Waals surface area contributed by atoms with Crippen LogP contribution in [-0.4, -0.2) is 50.6 Å². The second-order valence-corrected chi connectivity index (χ2v) is 5.65. The molecule has 0 saturated carbocycles. The molecule has 2 rings (SSSR count). The van der Waals surface area contributed by atoms with Crippen molar-refractivity contribution in [3.8, 4) is 5.75 Å². The van der Waals surface area contributed by atoms with Crippen molar-refractivity contribution in [2.75, 3.05) is 39.1 Å². The van der Waals surface area contributed by atoms with Gasteiger partial charge in [0.1, 0.15) is 5.75 Å². The van der Waals surface area contributed by atoms with Crippen molar-refractivity contribution in [3.05, 3.63) is 23.2 Å². The predicted octanol–water partition coefficient (Wildman–Crippen LogP) is 2.39. The Hall–Kier alpha value is -1.01. The van der Waals surface area contributed by atoms with Crippen LogP contribution in [0.25, 0.3) is 0 Å². The molecule has 0 bridgehead atoms. The van der Waals surface area contributed by atoms with Crippen molar-refractivity contribution in [2.45, 2.75) is 18.9 Å². The van der Waals surface area contributed by atoms with Gasteiger partial charge in [0.15, 0.2) is 0 Å². The Morgan fingerprint density at radius 3 is 2.95 bits per heavy atom. The SMILES string of the molecule is CNCC1CCCN1CC(=O)Nc1cc(Cl)ccc1OC.Cl. The minimum atomic E-state index is -0.0430. The fourth-order valence-electron chi connectivity index (χ4n) is 2.72. The van der Waals surface area contributed by atoms with Crippen molar-refractivity contribution in [1.82, 2.24) is 10.2 Å². The van der Waals surface area contributed by atoms with Crippen LogP contribution in [0.3, 0.4) is 0 Å². The van der Waals surface area contributed by atoms with E-state index in [1.54, 1.807) is 25.3 Å². The largest absolute Gasteiger partial charge is 0.495 e. The van der Waals surface area contributed by atoms with Crippen molar-refractivity contribution in [1.29, 1.82) is 0 Å². The zero-order valence-electron chi connectivity index (χ0n) is 12.9. The van der Waals surface area contributed by atoms with Gasteiger partial charge in [-0.2, -0.15) is 0 Å². The lowest BCUT2D eigenvalue weighted by Gasteiger charge is -2.23. The highest BCUT2D eigenvalue weighted by atomic mass is 35.5. The number of rotatable bonds is 6. The number of nitrogens with one attached hydrogen (secondary N) is 2. The fourth-order valence-corrected chi connectivity index (χ4v) is 2.89. The van der Waals surface area contributed by atoms with Crippen molar-refractivity contribution in [2.24, 2.45) is 0 Å². The first-order chi connectivity index (χ1) is 10.1. The van der Waals surface area contributed by atoms with Crippen LogP contribution >= 0.6 is 24.0 Å². The topological polar surface area (TPSA) is 53.6 Å². The maximum absolute atomic E-state index is 12.2. The highest BCUT2D eigenvalue weighted by Gasteiger charge is 2.25. The Balaban J connectivity index is 0.00000242. The summed E-state index contributed by atoms with van der Waals surface area (Å²) in [6.45, 7) is 2.27. The van der Waals surface area contributed by atoms with Gasteiger partial charge in [0.2, 0.25) is 5.91 Å². The highest BCUT2D eigenvalue weighted by Crippen LogP contribution is 2.27. The number of methoxy groups -OCH3 is 1. The molecule has 1 aromatic rings. The molecule has 1 unspecified atom stereocenters. The van der Waals surface area contributed by atoms with Gasteiger partial charge in [-0.3, -0.25) is 9.69 Å². The molecule has 1 fully saturated rings. The number of amides is 1. The van der Waals surface area contributed by atoms with Crippen LogP contribution in [-0.2, 0) is 4.79 Å². The summed E-state index contributed by atoms with van der Waals surface area (Å²) >= 11 is 5.97. The molecular weight excluding hydrogens is 325 g/mol. The van der Waals surface area contributed by atoms with E-state index >= 15 is 0 Å². The molecule has 1 heterocycles. The second-order valence-electron chi connectivity index (χ2n) is 5.22. The van der Waals surface area contributed by atoms with Crippen LogP contribution in [0.1, 0.15) is 12.8 Å². The molecule has 22 heavy (non-hydrogen) atoms. The number of likely N-dealkylation sites (N-methyl/N-ethyl adjacent to an activating group) is 1. The molecule has 0 spiro atoms. The maximum atomic E-state index is 12.2. The van der Waals surface area contributed by atoms with E-state index in [9.17, 15) is 4.79 Å². The van der Waals surface area contributed by atoms with Crippen LogP contribution in [0.5, 0.6) is 5.75 Å². The summed E-state index contributed by atoms with van der Waals surface area (Å²) in [5.74, 6) is 0.569. The Morgan fingerprint density at radius 2 is 2.27 bits per heavy atom. The lowest BCUT2D eigenvalue weighted by molar-refractivity contribution is -0.117. The molecule has 1 aliphatic rings. The molecule has 1 amide bonds. The molecule has 1 aromatic carbocycles. The van der Waals surface area contributed by atoms with Gasteiger partial charge in [0.25, 0.3) is 0 Å². The molecule has 124 valence electrons. The van der Waals surface area contributed by atoms with E-state index in [1.165, 1.54) is 0 Å². The first-order valence-electron chi connectivity index (χ1n) is 7.16. The first kappa shape index (κ1) is 19.0. The maximum Gasteiger partial charge on any atom is 0.238 e. The highest BCUT2D eigenvalue weighted by molar-refractivity contribution is 6.31. The van der Waals surface area contributed by atoms with Gasteiger partial charge < -0.3 is 15.4 Å². The van der Waals surface area contributed by atoms with Gasteiger partial charge in [-0.05, 0) is 44.6 Å². The fraction of sp³-hybridized carbons (Fsp3) is 0.533. The Morgan fingerprint density at radius 1 is 1.50 bits per heavy atom. The Kier molecular flexibility index (Phi) is 7.96. The smallest absolute Gasteiger partial charge is 0.238 e. The van der Waals surface area contributed by atoms with Gasteiger partial charge in [0, 0.05) is 17.6 Å². The van der Waals surface area contributed by atoms with E-state index in [0.717, 1.165) is 25.9 Å². The van der Waals surface area contributed by atoms with Gasteiger partial charge in [-0.1, -0.05) is 11.6 Å². The summed E-state index contributed by atoms with van der Waals surface area (Å²) in [6.07, 6.45) is 2.27. The molecule has 2 N–H and O–H groups in total. The summed E-state index contributed by atoms with van der Waals surface area (Å²) in [5.41, 5.74) is 0.611. The molecule has 1 saturated heterocycles. The number of carbonyl (C=O) groups excluding carboxylic acids is 1. The number of hydrogen-bond donors (Lipinski definition) is 2. The number of anilines is 1. The summed E-state index contributed by atoms with van der Waals surface area (Å²) in [7, 11) is 3.51. The quantitative estimate of drug-likeness (QED) is 0.829. The third-order valence-corrected chi connectivity index (χ3v) is 3.96. The number of likely N-dealkylation sites (tertiary alicyclic amines) is 1. The summed E-state index contributed by atoms with van der Waals surface area (Å²) < 4.78 is 5.23. The van der Waals surface area contributed by atoms with Crippen molar-refractivity contribution < 1.29 is 9.53 Å². The molecule has 1 atom stereocenters. The van der Waals surface area contributed by atoms with Gasteiger partial charge in [-0.25, -0.2) is 0 Å². The number of benzene rings is 1. The number of halogens is 2. The van der Waals surface area contributed by atoms with E-state index in [0.29, 0.717) is 29.0 Å². The van der Waals surface area contributed by atoms with E-state index in [1.807, 2.05) is 7.05 Å². The van der Waals surface area contributed by atoms with Crippen molar-refractivity contribution in [3.63, 3.8) is 0 Å². The molecule has 5 nitrogen and oxygen atoms in total. The second kappa shape index (κ2) is 9.20. The number of hydrogen-bond acceptors (Lipinski definition) is 4. The Bertz CT molecular complexity index is 500. The van der Waals surface area contributed by atoms with Crippen LogP contribution in [0.4, 0.5) is 5.69 Å². The van der Waals surface area contributed by atoms with Gasteiger partial charge in [-0.15, -0.1) is 12.4 Å². The standard InChI is InChI=1S/C15H22ClN3O2.ClH/c1-17-9-12-4-3-7-19(12)10-15(20)18-13-8-11(16)5-6-14(13)21-2;/h5-6,8,12,17H,3-4,7,9-10H2,1-2H3,(H,18,20);1H. The predicted molar refractivity (Wildman–Crippen MR) is 92.4 cm³/mol. The van der Waals surface area contributed by atoms with Crippen LogP contribution in [0.15, 0.2) is 18.2 Å². The monoisotopic (exact) mass is 347 g/mol. The average Bonchev–Trinajstić information content (AvgIpc) is 2.86. The van der Waals surface area contributed by atoms with E-state index in [-0.39, 0.29) is 18.3 Å². The third kappa shape index (κ3) is 5.02. The van der Waals surface area contributed by atoms with Crippen molar-refractivity contribution >= 4 is 35.6 Å². The lowest BCUT2D eigenvalue weighted by Crippen LogP contribution is -2.41. The number of carbonyl (C=O) groups is 1. The number of nitrogens with zero attached hydrogens (tertiary/aromatic N) is 1. The third-order valence-electron chi connectivity index (χ3n) is 3.72. The normalized spacial score (nSPS) is 17.9. The van der Waals surface area contributed by atoms with E-state index in [4.69, 9.17) is 16.3 Å². The molecule has 0 radical (unpaired) electrons. The zero-order chi connectivity index (χ0) is 15.2. The first-order valence-corrected chi connectivity index (χ1v) is 7.54. The van der Waals surface area contributed by atoms with E-state index < -0.39 is 0 Å². The molecule has 1 aliphatic heterocycles. The van der Waals surface area contributed by atoms with Crippen LogP contribution in [0.2, 0.25) is 5.02 Å². The van der Waals surface area contributed by atoms with Gasteiger partial charge in [0.05, 0.1) is 19.3 Å². The zero-order valence-corrected chi connectivity index (χ0v) is 14.5. The Labute approximate surface area is 142 Å². The average molecular weight is 348 g/mol. The number of ether oxygens (including phenoxy) is 1. The van der Waals surface area contributed by atoms with Gasteiger partial charge >= 0.3 is 0 Å². The molecule has 7 heteroatoms. The summed E-state index contributed by atoms with van der Waals surface area (Å²) in [4.78, 5) is 14.4.